The summed E-state index contributed by atoms with van der Waals surface area (Å²) < 4.78 is 8.59. The molecule has 0 fully saturated rings. The van der Waals surface area contributed by atoms with E-state index < -0.39 is 0 Å². The number of hydrogen-bond acceptors (Lipinski definition) is 3. The first-order valence-electron chi connectivity index (χ1n) is 12.2. The summed E-state index contributed by atoms with van der Waals surface area (Å²) in [5.41, 5.74) is 4.13. The molecule has 0 spiro atoms. The first kappa shape index (κ1) is 25.2. The van der Waals surface area contributed by atoms with E-state index in [0.717, 1.165) is 27.9 Å². The van der Waals surface area contributed by atoms with E-state index in [9.17, 15) is 0 Å². The average molecular weight is 668 g/mol. The van der Waals surface area contributed by atoms with E-state index in [-0.39, 0.29) is 26.5 Å². The molecule has 6 rings (SSSR count). The Labute approximate surface area is 233 Å². The van der Waals surface area contributed by atoms with Crippen LogP contribution < -0.4 is 9.64 Å². The maximum absolute atomic E-state index is 6.42. The third kappa shape index (κ3) is 4.81. The van der Waals surface area contributed by atoms with Gasteiger partial charge in [-0.3, -0.25) is 0 Å². The maximum atomic E-state index is 6.42. The number of rotatable bonds is 4. The molecular formula is C31H28N4OPt. The molecule has 3 aromatic carbocycles. The van der Waals surface area contributed by atoms with Crippen LogP contribution in [-0.2, 0) is 26.5 Å². The number of fused-ring (bicyclic) bond motifs is 3. The van der Waals surface area contributed by atoms with Crippen LogP contribution >= 0.6 is 0 Å². The Morgan fingerprint density at radius 1 is 0.973 bits per heavy atom. The SMILES string of the molecule is CN1C=CN(c2[c-]c(Oc3[c-]c4c(cc3)c3ccccc3n4C3=CC=CC[N-]3)cc(C(C)(C)C)c2)[CH-]1.[Pt+4]. The number of aromatic nitrogens is 1. The van der Waals surface area contributed by atoms with Gasteiger partial charge in [-0.05, 0) is 36.9 Å². The van der Waals surface area contributed by atoms with Crippen molar-refractivity contribution < 1.29 is 25.8 Å². The summed E-state index contributed by atoms with van der Waals surface area (Å²) in [7, 11) is 2.01. The Hall–Kier alpha value is -3.43. The van der Waals surface area contributed by atoms with Gasteiger partial charge >= 0.3 is 21.1 Å². The van der Waals surface area contributed by atoms with E-state index in [1.165, 1.54) is 10.9 Å². The molecule has 0 saturated heterocycles. The van der Waals surface area contributed by atoms with Crippen LogP contribution in [0.25, 0.3) is 32.9 Å². The molecule has 0 saturated carbocycles. The van der Waals surface area contributed by atoms with Gasteiger partial charge in [0.25, 0.3) is 0 Å². The molecule has 188 valence electrons. The molecule has 2 aliphatic rings. The number of hydrogen-bond donors (Lipinski definition) is 0. The number of nitrogens with zero attached hydrogens (tertiary/aromatic N) is 4. The third-order valence-corrected chi connectivity index (χ3v) is 6.49. The normalized spacial score (nSPS) is 15.2. The van der Waals surface area contributed by atoms with E-state index in [4.69, 9.17) is 10.1 Å². The van der Waals surface area contributed by atoms with Crippen molar-refractivity contribution in [2.24, 2.45) is 0 Å². The summed E-state index contributed by atoms with van der Waals surface area (Å²) in [6.07, 6.45) is 10.2. The second-order valence-electron chi connectivity index (χ2n) is 10.2. The first-order chi connectivity index (χ1) is 17.4. The molecule has 0 radical (unpaired) electrons. The first-order valence-corrected chi connectivity index (χ1v) is 12.2. The monoisotopic (exact) mass is 667 g/mol. The van der Waals surface area contributed by atoms with Gasteiger partial charge in [-0.1, -0.05) is 74.5 Å². The molecular weight excluding hydrogens is 639 g/mol. The molecule has 0 unspecified atom stereocenters. The van der Waals surface area contributed by atoms with Gasteiger partial charge in [-0.25, -0.2) is 0 Å². The van der Waals surface area contributed by atoms with Crippen molar-refractivity contribution in [3.8, 4) is 11.5 Å². The van der Waals surface area contributed by atoms with E-state index in [2.05, 4.69) is 97.0 Å². The number of anilines is 1. The fourth-order valence-corrected chi connectivity index (χ4v) is 4.60. The molecule has 6 heteroatoms. The van der Waals surface area contributed by atoms with Gasteiger partial charge in [0.2, 0.25) is 0 Å². The molecule has 3 heterocycles. The predicted molar refractivity (Wildman–Crippen MR) is 148 cm³/mol. The summed E-state index contributed by atoms with van der Waals surface area (Å²) in [6, 6.07) is 23.7. The van der Waals surface area contributed by atoms with Gasteiger partial charge in [0.15, 0.2) is 0 Å². The van der Waals surface area contributed by atoms with Crippen LogP contribution in [0, 0.1) is 18.8 Å². The molecule has 0 aliphatic carbocycles. The zero-order valence-corrected chi connectivity index (χ0v) is 23.6. The molecule has 2 aliphatic heterocycles. The smallest absolute Gasteiger partial charge is 0.510 e. The number of benzene rings is 3. The maximum Gasteiger partial charge on any atom is 4.00 e. The summed E-state index contributed by atoms with van der Waals surface area (Å²) in [5.74, 6) is 2.21. The topological polar surface area (TPSA) is 34.7 Å². The van der Waals surface area contributed by atoms with Gasteiger partial charge in [0.1, 0.15) is 0 Å². The zero-order chi connectivity index (χ0) is 24.9. The summed E-state index contributed by atoms with van der Waals surface area (Å²) in [6.45, 7) is 9.31. The zero-order valence-electron chi connectivity index (χ0n) is 21.3. The Balaban J connectivity index is 0.00000280. The second-order valence-corrected chi connectivity index (χ2v) is 10.2. The molecule has 5 nitrogen and oxygen atoms in total. The van der Waals surface area contributed by atoms with Crippen molar-refractivity contribution in [3.63, 3.8) is 0 Å². The summed E-state index contributed by atoms with van der Waals surface area (Å²) in [5, 5.41) is 7.03. The summed E-state index contributed by atoms with van der Waals surface area (Å²) >= 11 is 0. The van der Waals surface area contributed by atoms with Gasteiger partial charge in [-0.2, -0.15) is 12.7 Å². The number of ether oxygens (including phenoxy) is 1. The van der Waals surface area contributed by atoms with Crippen molar-refractivity contribution in [1.29, 1.82) is 0 Å². The van der Waals surface area contributed by atoms with Crippen LogP contribution in [0.5, 0.6) is 11.5 Å². The minimum atomic E-state index is -0.0418. The fourth-order valence-electron chi connectivity index (χ4n) is 4.60. The molecule has 0 N–H and O–H groups in total. The van der Waals surface area contributed by atoms with Crippen molar-refractivity contribution in [1.82, 2.24) is 9.47 Å². The van der Waals surface area contributed by atoms with Crippen molar-refractivity contribution in [2.45, 2.75) is 26.2 Å². The summed E-state index contributed by atoms with van der Waals surface area (Å²) in [4.78, 5) is 4.07. The van der Waals surface area contributed by atoms with Crippen LogP contribution in [0.1, 0.15) is 26.3 Å². The van der Waals surface area contributed by atoms with E-state index in [1.54, 1.807) is 0 Å². The quantitative estimate of drug-likeness (QED) is 0.211. The van der Waals surface area contributed by atoms with Crippen LogP contribution in [-0.4, -0.2) is 23.1 Å². The van der Waals surface area contributed by atoms with E-state index >= 15 is 0 Å². The van der Waals surface area contributed by atoms with Gasteiger partial charge < -0.3 is 24.4 Å². The molecule has 1 aromatic heterocycles. The second kappa shape index (κ2) is 9.79. The van der Waals surface area contributed by atoms with E-state index in [1.807, 2.05) is 43.2 Å². The average Bonchev–Trinajstić information content (AvgIpc) is 3.45. The molecule has 0 amide bonds. The Morgan fingerprint density at radius 3 is 2.54 bits per heavy atom. The van der Waals surface area contributed by atoms with Gasteiger partial charge in [0, 0.05) is 11.5 Å². The molecule has 37 heavy (non-hydrogen) atoms. The van der Waals surface area contributed by atoms with E-state index in [0.29, 0.717) is 18.0 Å². The van der Waals surface area contributed by atoms with Crippen molar-refractivity contribution in [2.75, 3.05) is 18.5 Å². The van der Waals surface area contributed by atoms with Crippen LogP contribution in [0.2, 0.25) is 0 Å². The Bertz CT molecular complexity index is 1560. The van der Waals surface area contributed by atoms with Crippen LogP contribution in [0.3, 0.4) is 0 Å². The largest absolute Gasteiger partial charge is 4.00 e. The number of allylic oxidation sites excluding steroid dienone is 2. The minimum absolute atomic E-state index is 0. The van der Waals surface area contributed by atoms with Crippen LogP contribution in [0.4, 0.5) is 5.69 Å². The standard InChI is InChI=1S/C31H28N4O.Pt/c1-31(2,3)22-17-23(34-16-15-33(4)21-34)19-25(18-22)36-24-12-13-27-26-9-5-6-10-28(26)35(29(27)20-24)30-11-7-8-14-32-30;/h5-13,15-18,21H,14H2,1-4H3;/q-4;+4. The van der Waals surface area contributed by atoms with Gasteiger partial charge in [0.05, 0.1) is 0 Å². The molecule has 4 aromatic rings. The Kier molecular flexibility index (Phi) is 6.68. The predicted octanol–water partition coefficient (Wildman–Crippen LogP) is 7.57. The van der Waals surface area contributed by atoms with Crippen molar-refractivity contribution >= 4 is 33.3 Å². The van der Waals surface area contributed by atoms with Crippen LogP contribution in [0.15, 0.2) is 79.2 Å². The van der Waals surface area contributed by atoms with Gasteiger partial charge in [-0.15, -0.1) is 52.5 Å². The third-order valence-electron chi connectivity index (χ3n) is 6.49. The number of para-hydroxylation sites is 1. The Morgan fingerprint density at radius 2 is 1.81 bits per heavy atom. The molecule has 0 bridgehead atoms. The minimum Gasteiger partial charge on any atom is -0.510 e. The fraction of sp³-hybridized carbons (Fsp3) is 0.194. The van der Waals surface area contributed by atoms with Crippen molar-refractivity contribution in [3.05, 3.63) is 109 Å². The molecule has 0 atom stereocenters.